The molecule has 0 atom stereocenters. The summed E-state index contributed by atoms with van der Waals surface area (Å²) in [6.07, 6.45) is 3.76. The van der Waals surface area contributed by atoms with E-state index in [1.54, 1.807) is 0 Å². The third kappa shape index (κ3) is 1.85. The zero-order valence-corrected chi connectivity index (χ0v) is 11.0. The maximum Gasteiger partial charge on any atom is 0.224 e. The van der Waals surface area contributed by atoms with E-state index in [4.69, 9.17) is 0 Å². The van der Waals surface area contributed by atoms with Crippen LogP contribution in [0.4, 0.5) is 5.95 Å². The average molecular weight is 256 g/mol. The molecule has 6 nitrogen and oxygen atoms in total. The molecule has 0 bridgehead atoms. The lowest BCUT2D eigenvalue weighted by molar-refractivity contribution is 0.771. The minimum Gasteiger partial charge on any atom is -0.355 e. The molecule has 0 saturated heterocycles. The van der Waals surface area contributed by atoms with E-state index in [0.29, 0.717) is 0 Å². The van der Waals surface area contributed by atoms with Crippen LogP contribution >= 0.6 is 0 Å². The Morgan fingerprint density at radius 2 is 2.11 bits per heavy atom. The molecule has 98 valence electrons. The van der Waals surface area contributed by atoms with Crippen molar-refractivity contribution in [3.63, 3.8) is 0 Å². The Morgan fingerprint density at radius 3 is 2.89 bits per heavy atom. The van der Waals surface area contributed by atoms with E-state index in [1.165, 1.54) is 0 Å². The molecule has 0 aliphatic carbocycles. The van der Waals surface area contributed by atoms with Crippen LogP contribution in [0, 0.1) is 0 Å². The van der Waals surface area contributed by atoms with Crippen LogP contribution in [0.15, 0.2) is 30.6 Å². The van der Waals surface area contributed by atoms with Gasteiger partial charge in [0.25, 0.3) is 0 Å². The van der Waals surface area contributed by atoms with Crippen molar-refractivity contribution in [3.8, 4) is 11.4 Å². The first-order chi connectivity index (χ1) is 9.35. The second kappa shape index (κ2) is 4.72. The van der Waals surface area contributed by atoms with Gasteiger partial charge < -0.3 is 5.32 Å². The topological polar surface area (TPSA) is 60.0 Å². The van der Waals surface area contributed by atoms with E-state index in [9.17, 15) is 0 Å². The zero-order valence-electron chi connectivity index (χ0n) is 11.0. The van der Waals surface area contributed by atoms with E-state index >= 15 is 0 Å². The normalized spacial score (nSPS) is 11.1. The standard InChI is InChI=1S/C13H16N6/c1-3-14-13-17-16-12(18(13)4-2)10-9-15-19-8-6-5-7-11(10)19/h5-9H,3-4H2,1-2H3,(H,14,17). The van der Waals surface area contributed by atoms with Crippen LogP contribution in [0.25, 0.3) is 16.9 Å². The molecule has 0 radical (unpaired) electrons. The minimum absolute atomic E-state index is 0.801. The molecule has 0 aromatic carbocycles. The number of pyridine rings is 1. The molecule has 3 heterocycles. The highest BCUT2D eigenvalue weighted by atomic mass is 15.4. The summed E-state index contributed by atoms with van der Waals surface area (Å²) in [6.45, 7) is 5.77. The molecule has 3 rings (SSSR count). The number of fused-ring (bicyclic) bond motifs is 1. The zero-order chi connectivity index (χ0) is 13.2. The van der Waals surface area contributed by atoms with Gasteiger partial charge in [-0.1, -0.05) is 6.07 Å². The Labute approximate surface area is 111 Å². The minimum atomic E-state index is 0.801. The average Bonchev–Trinajstić information content (AvgIpc) is 3.02. The lowest BCUT2D eigenvalue weighted by Gasteiger charge is -2.06. The Hall–Kier alpha value is -2.37. The predicted molar refractivity (Wildman–Crippen MR) is 74.0 cm³/mol. The summed E-state index contributed by atoms with van der Waals surface area (Å²) < 4.78 is 3.91. The van der Waals surface area contributed by atoms with Gasteiger partial charge in [0.1, 0.15) is 0 Å². The van der Waals surface area contributed by atoms with E-state index in [1.807, 2.05) is 42.0 Å². The Kier molecular flexibility index (Phi) is 2.91. The van der Waals surface area contributed by atoms with Crippen LogP contribution in [0.2, 0.25) is 0 Å². The maximum atomic E-state index is 4.34. The van der Waals surface area contributed by atoms with Crippen molar-refractivity contribution in [1.29, 1.82) is 0 Å². The van der Waals surface area contributed by atoms with Gasteiger partial charge in [-0.2, -0.15) is 5.10 Å². The van der Waals surface area contributed by atoms with Crippen molar-refractivity contribution in [1.82, 2.24) is 24.4 Å². The summed E-state index contributed by atoms with van der Waals surface area (Å²) in [5, 5.41) is 16.1. The first-order valence-corrected chi connectivity index (χ1v) is 6.45. The number of rotatable bonds is 4. The first-order valence-electron chi connectivity index (χ1n) is 6.45. The number of nitrogens with one attached hydrogen (secondary N) is 1. The molecule has 6 heteroatoms. The molecule has 0 spiro atoms. The van der Waals surface area contributed by atoms with E-state index in [-0.39, 0.29) is 0 Å². The van der Waals surface area contributed by atoms with E-state index in [2.05, 4.69) is 32.1 Å². The SMILES string of the molecule is CCNc1nnc(-c2cnn3ccccc23)n1CC. The summed E-state index contributed by atoms with van der Waals surface area (Å²) >= 11 is 0. The largest absolute Gasteiger partial charge is 0.355 e. The fraction of sp³-hybridized carbons (Fsp3) is 0.308. The van der Waals surface area contributed by atoms with Crippen molar-refractivity contribution >= 4 is 11.5 Å². The molecule has 3 aromatic heterocycles. The molecule has 0 saturated carbocycles. The summed E-state index contributed by atoms with van der Waals surface area (Å²) in [5.41, 5.74) is 2.03. The van der Waals surface area contributed by atoms with Crippen LogP contribution < -0.4 is 5.32 Å². The molecular weight excluding hydrogens is 240 g/mol. The van der Waals surface area contributed by atoms with Crippen LogP contribution in [0.5, 0.6) is 0 Å². The van der Waals surface area contributed by atoms with Crippen molar-refractivity contribution in [2.75, 3.05) is 11.9 Å². The molecule has 19 heavy (non-hydrogen) atoms. The molecule has 0 aliphatic rings. The molecule has 0 amide bonds. The maximum absolute atomic E-state index is 4.34. The van der Waals surface area contributed by atoms with Crippen LogP contribution in [-0.4, -0.2) is 30.9 Å². The van der Waals surface area contributed by atoms with E-state index in [0.717, 1.165) is 35.9 Å². The highest BCUT2D eigenvalue weighted by Gasteiger charge is 2.15. The Bertz CT molecular complexity index is 696. The summed E-state index contributed by atoms with van der Waals surface area (Å²) in [4.78, 5) is 0. The van der Waals surface area contributed by atoms with Crippen molar-refractivity contribution in [2.45, 2.75) is 20.4 Å². The van der Waals surface area contributed by atoms with Gasteiger partial charge in [0.15, 0.2) is 5.82 Å². The summed E-state index contributed by atoms with van der Waals surface area (Å²) in [7, 11) is 0. The molecule has 1 N–H and O–H groups in total. The summed E-state index contributed by atoms with van der Waals surface area (Å²) in [6, 6.07) is 5.99. The lowest BCUT2D eigenvalue weighted by atomic mass is 10.2. The third-order valence-corrected chi connectivity index (χ3v) is 3.07. The van der Waals surface area contributed by atoms with Crippen molar-refractivity contribution in [3.05, 3.63) is 30.6 Å². The van der Waals surface area contributed by atoms with Gasteiger partial charge in [0.2, 0.25) is 5.95 Å². The van der Waals surface area contributed by atoms with Crippen molar-refractivity contribution in [2.24, 2.45) is 0 Å². The fourth-order valence-corrected chi connectivity index (χ4v) is 2.20. The number of hydrogen-bond acceptors (Lipinski definition) is 4. The highest BCUT2D eigenvalue weighted by Crippen LogP contribution is 2.24. The molecule has 0 fully saturated rings. The van der Waals surface area contributed by atoms with Crippen LogP contribution in [0.1, 0.15) is 13.8 Å². The molecule has 0 aliphatic heterocycles. The van der Waals surface area contributed by atoms with Gasteiger partial charge in [0.05, 0.1) is 17.3 Å². The van der Waals surface area contributed by atoms with Gasteiger partial charge in [-0.25, -0.2) is 4.52 Å². The van der Waals surface area contributed by atoms with Crippen LogP contribution in [0.3, 0.4) is 0 Å². The van der Waals surface area contributed by atoms with Gasteiger partial charge in [-0.3, -0.25) is 4.57 Å². The monoisotopic (exact) mass is 256 g/mol. The van der Waals surface area contributed by atoms with Crippen LogP contribution in [-0.2, 0) is 6.54 Å². The molecular formula is C13H16N6. The van der Waals surface area contributed by atoms with Gasteiger partial charge in [-0.15, -0.1) is 10.2 Å². The number of hydrogen-bond donors (Lipinski definition) is 1. The van der Waals surface area contributed by atoms with Gasteiger partial charge in [0, 0.05) is 19.3 Å². The Morgan fingerprint density at radius 1 is 1.21 bits per heavy atom. The molecule has 0 unspecified atom stereocenters. The highest BCUT2D eigenvalue weighted by molar-refractivity contribution is 5.76. The lowest BCUT2D eigenvalue weighted by Crippen LogP contribution is -2.06. The smallest absolute Gasteiger partial charge is 0.224 e. The molecule has 3 aromatic rings. The first kappa shape index (κ1) is 11.7. The summed E-state index contributed by atoms with van der Waals surface area (Å²) in [5.74, 6) is 1.65. The quantitative estimate of drug-likeness (QED) is 0.776. The second-order valence-corrected chi connectivity index (χ2v) is 4.21. The van der Waals surface area contributed by atoms with Crippen molar-refractivity contribution < 1.29 is 0 Å². The number of nitrogens with zero attached hydrogens (tertiary/aromatic N) is 5. The fourth-order valence-electron chi connectivity index (χ4n) is 2.20. The second-order valence-electron chi connectivity index (χ2n) is 4.21. The number of anilines is 1. The third-order valence-electron chi connectivity index (χ3n) is 3.07. The van der Waals surface area contributed by atoms with E-state index < -0.39 is 0 Å². The predicted octanol–water partition coefficient (Wildman–Crippen LogP) is 2.04. The van der Waals surface area contributed by atoms with Gasteiger partial charge >= 0.3 is 0 Å². The Balaban J connectivity index is 2.16. The van der Waals surface area contributed by atoms with Gasteiger partial charge in [-0.05, 0) is 26.0 Å². The number of aromatic nitrogens is 5.